The van der Waals surface area contributed by atoms with Crippen molar-refractivity contribution in [3.8, 4) is 18.2 Å². The van der Waals surface area contributed by atoms with Gasteiger partial charge in [-0.25, -0.2) is 4.98 Å². The van der Waals surface area contributed by atoms with Crippen LogP contribution in [0.25, 0.3) is 0 Å². The number of terminal acetylenes is 1. The number of rotatable bonds is 9. The van der Waals surface area contributed by atoms with Crippen LogP contribution in [0.2, 0.25) is 0 Å². The van der Waals surface area contributed by atoms with Crippen LogP contribution in [0, 0.1) is 12.3 Å². The smallest absolute Gasteiger partial charge is 0.213 e. The number of nitrogens with zero attached hydrogens (tertiary/aromatic N) is 1. The molecule has 3 aromatic rings. The Labute approximate surface area is 184 Å². The van der Waals surface area contributed by atoms with E-state index in [1.807, 2.05) is 54.6 Å². The van der Waals surface area contributed by atoms with Crippen LogP contribution in [-0.2, 0) is 13.0 Å². The second kappa shape index (κ2) is 10.4. The Morgan fingerprint density at radius 3 is 2.58 bits per heavy atom. The number of methoxy groups -OCH3 is 1. The van der Waals surface area contributed by atoms with Gasteiger partial charge in [-0.15, -0.1) is 12.3 Å². The highest BCUT2D eigenvalue weighted by atomic mass is 16.5. The number of nitrogens with one attached hydrogen (secondary N) is 1. The number of carbonyl (C=O) groups is 1. The summed E-state index contributed by atoms with van der Waals surface area (Å²) in [5.74, 6) is 3.63. The van der Waals surface area contributed by atoms with Crippen molar-refractivity contribution in [3.05, 3.63) is 88.6 Å². The fourth-order valence-electron chi connectivity index (χ4n) is 3.34. The highest BCUT2D eigenvalue weighted by Crippen LogP contribution is 2.24. The molecule has 0 fully saturated rings. The maximum absolute atomic E-state index is 13.4. The molecular weight excluding hydrogens is 384 g/mol. The second-order valence-electron chi connectivity index (χ2n) is 7.71. The molecule has 0 radical (unpaired) electrons. The minimum Gasteiger partial charge on any atom is -0.481 e. The van der Waals surface area contributed by atoms with E-state index in [0.29, 0.717) is 35.9 Å². The van der Waals surface area contributed by atoms with Crippen molar-refractivity contribution in [1.82, 2.24) is 4.98 Å². The highest BCUT2D eigenvalue weighted by Gasteiger charge is 2.15. The van der Waals surface area contributed by atoms with Gasteiger partial charge in [-0.2, -0.15) is 0 Å². The first-order valence-corrected chi connectivity index (χ1v) is 10.5. The van der Waals surface area contributed by atoms with E-state index in [2.05, 4.69) is 30.1 Å². The van der Waals surface area contributed by atoms with Gasteiger partial charge in [0.25, 0.3) is 0 Å². The summed E-state index contributed by atoms with van der Waals surface area (Å²) in [5.41, 5.74) is 5.16. The lowest BCUT2D eigenvalue weighted by Gasteiger charge is -2.14. The zero-order valence-corrected chi connectivity index (χ0v) is 18.3. The van der Waals surface area contributed by atoms with E-state index in [1.54, 1.807) is 13.2 Å². The molecule has 1 N–H and O–H groups in total. The molecule has 0 aliphatic carbocycles. The van der Waals surface area contributed by atoms with Gasteiger partial charge in [-0.3, -0.25) is 4.79 Å². The van der Waals surface area contributed by atoms with E-state index in [4.69, 9.17) is 11.2 Å². The minimum atomic E-state index is -0.0148. The Morgan fingerprint density at radius 1 is 1.13 bits per heavy atom. The molecule has 4 nitrogen and oxygen atoms in total. The Hall–Kier alpha value is -3.58. The van der Waals surface area contributed by atoms with E-state index in [-0.39, 0.29) is 5.78 Å². The van der Waals surface area contributed by atoms with Crippen molar-refractivity contribution >= 4 is 11.5 Å². The molecule has 0 atom stereocenters. The third kappa shape index (κ3) is 5.73. The lowest BCUT2D eigenvalue weighted by atomic mass is 9.95. The van der Waals surface area contributed by atoms with Gasteiger partial charge in [-0.05, 0) is 41.7 Å². The molecule has 0 aliphatic heterocycles. The van der Waals surface area contributed by atoms with Gasteiger partial charge in [0.1, 0.15) is 0 Å². The minimum absolute atomic E-state index is 0.0148. The number of hydrogen-bond donors (Lipinski definition) is 1. The lowest BCUT2D eigenvalue weighted by Crippen LogP contribution is -2.10. The summed E-state index contributed by atoms with van der Waals surface area (Å²) in [4.78, 5) is 17.8. The summed E-state index contributed by atoms with van der Waals surface area (Å²) in [6, 6.07) is 19.4. The number of carbonyl (C=O) groups excluding carboxylic acids is 1. The Kier molecular flexibility index (Phi) is 7.45. The molecule has 1 heterocycles. The third-order valence-corrected chi connectivity index (χ3v) is 5.18. The average Bonchev–Trinajstić information content (AvgIpc) is 2.81. The van der Waals surface area contributed by atoms with Crippen molar-refractivity contribution in [2.24, 2.45) is 0 Å². The van der Waals surface area contributed by atoms with Crippen molar-refractivity contribution in [1.29, 1.82) is 0 Å². The zero-order chi connectivity index (χ0) is 22.2. The number of ether oxygens (including phenoxy) is 1. The Morgan fingerprint density at radius 2 is 1.90 bits per heavy atom. The van der Waals surface area contributed by atoms with E-state index in [9.17, 15) is 4.79 Å². The van der Waals surface area contributed by atoms with Gasteiger partial charge >= 0.3 is 0 Å². The molecule has 0 spiro atoms. The van der Waals surface area contributed by atoms with E-state index >= 15 is 0 Å². The zero-order valence-electron chi connectivity index (χ0n) is 18.3. The predicted molar refractivity (Wildman–Crippen MR) is 126 cm³/mol. The topological polar surface area (TPSA) is 51.2 Å². The van der Waals surface area contributed by atoms with Gasteiger partial charge < -0.3 is 10.1 Å². The number of aromatic nitrogens is 1. The fraction of sp³-hybridized carbons (Fsp3) is 0.259. The molecule has 4 heteroatoms. The van der Waals surface area contributed by atoms with E-state index in [1.165, 1.54) is 5.56 Å². The van der Waals surface area contributed by atoms with E-state index in [0.717, 1.165) is 23.4 Å². The highest BCUT2D eigenvalue weighted by molar-refractivity contribution is 6.12. The van der Waals surface area contributed by atoms with Crippen LogP contribution in [0.15, 0.2) is 60.7 Å². The van der Waals surface area contributed by atoms with Gasteiger partial charge in [0.2, 0.25) is 5.88 Å². The quantitative estimate of drug-likeness (QED) is 0.366. The molecule has 3 rings (SSSR count). The molecule has 0 saturated carbocycles. The SMILES string of the molecule is C#CCCc1ccc(NCc2cccc(OC)n2)c(C(=O)c2ccc(C(C)C)cc2)c1. The Balaban J connectivity index is 1.89. The lowest BCUT2D eigenvalue weighted by molar-refractivity contribution is 0.103. The molecule has 0 aliphatic rings. The van der Waals surface area contributed by atoms with Crippen molar-refractivity contribution in [2.75, 3.05) is 12.4 Å². The number of pyridine rings is 1. The first kappa shape index (κ1) is 22.1. The molecule has 0 unspecified atom stereocenters. The van der Waals surface area contributed by atoms with Crippen molar-refractivity contribution in [2.45, 2.75) is 39.2 Å². The molecule has 31 heavy (non-hydrogen) atoms. The predicted octanol–water partition coefficient (Wildman–Crippen LogP) is 5.62. The summed E-state index contributed by atoms with van der Waals surface area (Å²) in [5, 5.41) is 3.37. The first-order chi connectivity index (χ1) is 15.0. The number of ketones is 1. The maximum Gasteiger partial charge on any atom is 0.213 e. The summed E-state index contributed by atoms with van der Waals surface area (Å²) < 4.78 is 5.20. The molecule has 2 aromatic carbocycles. The largest absolute Gasteiger partial charge is 0.481 e. The average molecular weight is 413 g/mol. The van der Waals surface area contributed by atoms with Crippen LogP contribution < -0.4 is 10.1 Å². The summed E-state index contributed by atoms with van der Waals surface area (Å²) in [6.45, 7) is 4.76. The Bertz CT molecular complexity index is 1080. The van der Waals surface area contributed by atoms with Crippen LogP contribution in [0.1, 0.15) is 58.9 Å². The monoisotopic (exact) mass is 412 g/mol. The van der Waals surface area contributed by atoms with E-state index < -0.39 is 0 Å². The molecule has 0 amide bonds. The normalized spacial score (nSPS) is 10.5. The first-order valence-electron chi connectivity index (χ1n) is 10.5. The number of hydrogen-bond acceptors (Lipinski definition) is 4. The number of aryl methyl sites for hydroxylation is 1. The fourth-order valence-corrected chi connectivity index (χ4v) is 3.34. The van der Waals surface area contributed by atoms with Gasteiger partial charge in [-0.1, -0.05) is 50.2 Å². The molecule has 0 bridgehead atoms. The third-order valence-electron chi connectivity index (χ3n) is 5.18. The summed E-state index contributed by atoms with van der Waals surface area (Å²) in [6.07, 6.45) is 6.80. The van der Waals surface area contributed by atoms with Crippen molar-refractivity contribution in [3.63, 3.8) is 0 Å². The summed E-state index contributed by atoms with van der Waals surface area (Å²) in [7, 11) is 1.59. The molecule has 0 saturated heterocycles. The van der Waals surface area contributed by atoms with Gasteiger partial charge in [0.15, 0.2) is 5.78 Å². The standard InChI is InChI=1S/C27H28N2O2/c1-5-6-8-20-11-16-25(28-18-23-9-7-10-26(29-23)31-4)24(17-20)27(30)22-14-12-21(13-15-22)19(2)3/h1,7,9-17,19,28H,6,8,18H2,2-4H3. The van der Waals surface area contributed by atoms with Gasteiger partial charge in [0, 0.05) is 29.3 Å². The molecular formula is C27H28N2O2. The van der Waals surface area contributed by atoms with Crippen LogP contribution >= 0.6 is 0 Å². The van der Waals surface area contributed by atoms with Crippen LogP contribution in [0.5, 0.6) is 5.88 Å². The van der Waals surface area contributed by atoms with Crippen LogP contribution in [0.3, 0.4) is 0 Å². The molecule has 1 aromatic heterocycles. The summed E-state index contributed by atoms with van der Waals surface area (Å²) >= 11 is 0. The van der Waals surface area contributed by atoms with Crippen LogP contribution in [-0.4, -0.2) is 17.9 Å². The van der Waals surface area contributed by atoms with Crippen molar-refractivity contribution < 1.29 is 9.53 Å². The maximum atomic E-state index is 13.4. The second-order valence-corrected chi connectivity index (χ2v) is 7.71. The number of anilines is 1. The number of benzene rings is 2. The van der Waals surface area contributed by atoms with Crippen LogP contribution in [0.4, 0.5) is 5.69 Å². The molecule has 158 valence electrons. The van der Waals surface area contributed by atoms with Gasteiger partial charge in [0.05, 0.1) is 19.3 Å².